The number of imidazole rings is 1. The van der Waals surface area contributed by atoms with E-state index in [0.29, 0.717) is 24.5 Å². The standard InChI is InChI=1S/C19H20ClN3O2/c1-22(12-14-11-15(20)7-8-18(14)25-2)19(24)9-10-23-13-21-16-5-3-4-6-17(16)23/h3-8,11,13H,9-10,12H2,1-2H3. The number of rotatable bonds is 6. The molecule has 0 spiro atoms. The van der Waals surface area contributed by atoms with Crippen LogP contribution in [0.15, 0.2) is 48.8 Å². The maximum atomic E-state index is 12.5. The number of aromatic nitrogens is 2. The number of halogens is 1. The minimum Gasteiger partial charge on any atom is -0.496 e. The van der Waals surface area contributed by atoms with Crippen molar-refractivity contribution >= 4 is 28.5 Å². The Labute approximate surface area is 151 Å². The fourth-order valence-corrected chi connectivity index (χ4v) is 3.00. The smallest absolute Gasteiger partial charge is 0.224 e. The summed E-state index contributed by atoms with van der Waals surface area (Å²) < 4.78 is 7.34. The van der Waals surface area contributed by atoms with Crippen molar-refractivity contribution in [1.82, 2.24) is 14.5 Å². The summed E-state index contributed by atoms with van der Waals surface area (Å²) in [7, 11) is 3.40. The number of fused-ring (bicyclic) bond motifs is 1. The molecule has 130 valence electrons. The number of amides is 1. The van der Waals surface area contributed by atoms with E-state index in [0.717, 1.165) is 22.3 Å². The van der Waals surface area contributed by atoms with Crippen molar-refractivity contribution in [2.24, 2.45) is 0 Å². The Hall–Kier alpha value is -2.53. The highest BCUT2D eigenvalue weighted by Gasteiger charge is 2.13. The molecule has 5 nitrogen and oxygen atoms in total. The Balaban J connectivity index is 1.64. The molecule has 0 fully saturated rings. The molecule has 3 rings (SSSR count). The summed E-state index contributed by atoms with van der Waals surface area (Å²) in [5.41, 5.74) is 2.86. The van der Waals surface area contributed by atoms with Crippen LogP contribution in [0.25, 0.3) is 11.0 Å². The first-order valence-electron chi connectivity index (χ1n) is 8.04. The van der Waals surface area contributed by atoms with Gasteiger partial charge in [-0.2, -0.15) is 0 Å². The lowest BCUT2D eigenvalue weighted by Gasteiger charge is -2.19. The van der Waals surface area contributed by atoms with Crippen LogP contribution in [0, 0.1) is 0 Å². The van der Waals surface area contributed by atoms with Crippen LogP contribution in [0.3, 0.4) is 0 Å². The number of nitrogens with zero attached hydrogens (tertiary/aromatic N) is 3. The van der Waals surface area contributed by atoms with Crippen LogP contribution >= 0.6 is 11.6 Å². The first-order valence-corrected chi connectivity index (χ1v) is 8.42. The Bertz CT molecular complexity index is 891. The second-order valence-corrected chi connectivity index (χ2v) is 6.32. The Morgan fingerprint density at radius 3 is 2.88 bits per heavy atom. The molecule has 0 aliphatic rings. The van der Waals surface area contributed by atoms with Gasteiger partial charge in [0, 0.05) is 37.1 Å². The Morgan fingerprint density at radius 1 is 1.28 bits per heavy atom. The molecular formula is C19H20ClN3O2. The summed E-state index contributed by atoms with van der Waals surface area (Å²) >= 11 is 6.05. The van der Waals surface area contributed by atoms with Crippen molar-refractivity contribution in [1.29, 1.82) is 0 Å². The number of hydrogen-bond donors (Lipinski definition) is 0. The first-order chi connectivity index (χ1) is 12.1. The molecule has 0 aliphatic carbocycles. The van der Waals surface area contributed by atoms with E-state index in [4.69, 9.17) is 16.3 Å². The fraction of sp³-hybridized carbons (Fsp3) is 0.263. The van der Waals surface area contributed by atoms with Gasteiger partial charge in [-0.1, -0.05) is 23.7 Å². The predicted molar refractivity (Wildman–Crippen MR) is 98.8 cm³/mol. The third-order valence-corrected chi connectivity index (χ3v) is 4.40. The maximum absolute atomic E-state index is 12.5. The maximum Gasteiger partial charge on any atom is 0.224 e. The molecule has 1 aromatic heterocycles. The summed E-state index contributed by atoms with van der Waals surface area (Å²) in [4.78, 5) is 18.5. The van der Waals surface area contributed by atoms with E-state index in [-0.39, 0.29) is 5.91 Å². The molecule has 0 N–H and O–H groups in total. The normalized spacial score (nSPS) is 10.8. The summed E-state index contributed by atoms with van der Waals surface area (Å²) in [5, 5.41) is 0.626. The van der Waals surface area contributed by atoms with E-state index in [1.807, 2.05) is 41.0 Å². The molecule has 1 heterocycles. The molecular weight excluding hydrogens is 338 g/mol. The molecule has 25 heavy (non-hydrogen) atoms. The number of carbonyl (C=O) groups is 1. The van der Waals surface area contributed by atoms with Crippen LogP contribution in [0.2, 0.25) is 5.02 Å². The minimum atomic E-state index is 0.0554. The molecule has 0 atom stereocenters. The van der Waals surface area contributed by atoms with E-state index in [1.165, 1.54) is 0 Å². The Kier molecular flexibility index (Phi) is 5.24. The topological polar surface area (TPSA) is 47.4 Å². The van der Waals surface area contributed by atoms with E-state index >= 15 is 0 Å². The molecule has 0 radical (unpaired) electrons. The van der Waals surface area contributed by atoms with E-state index in [2.05, 4.69) is 4.98 Å². The number of hydrogen-bond acceptors (Lipinski definition) is 3. The van der Waals surface area contributed by atoms with Crippen molar-refractivity contribution in [3.63, 3.8) is 0 Å². The van der Waals surface area contributed by atoms with Gasteiger partial charge in [0.1, 0.15) is 5.75 Å². The highest BCUT2D eigenvalue weighted by molar-refractivity contribution is 6.30. The molecule has 2 aromatic carbocycles. The molecule has 0 unspecified atom stereocenters. The van der Waals surface area contributed by atoms with Crippen LogP contribution in [0.1, 0.15) is 12.0 Å². The van der Waals surface area contributed by atoms with Gasteiger partial charge in [0.15, 0.2) is 0 Å². The van der Waals surface area contributed by atoms with Crippen LogP contribution < -0.4 is 4.74 Å². The summed E-state index contributed by atoms with van der Waals surface area (Å²) in [6, 6.07) is 13.3. The van der Waals surface area contributed by atoms with Crippen molar-refractivity contribution < 1.29 is 9.53 Å². The van der Waals surface area contributed by atoms with Crippen LogP contribution in [-0.4, -0.2) is 34.5 Å². The molecule has 0 saturated carbocycles. The number of benzene rings is 2. The Morgan fingerprint density at radius 2 is 2.08 bits per heavy atom. The van der Waals surface area contributed by atoms with E-state index < -0.39 is 0 Å². The highest BCUT2D eigenvalue weighted by atomic mass is 35.5. The van der Waals surface area contributed by atoms with Gasteiger partial charge >= 0.3 is 0 Å². The van der Waals surface area contributed by atoms with Gasteiger partial charge in [-0.05, 0) is 30.3 Å². The summed E-state index contributed by atoms with van der Waals surface area (Å²) in [6.07, 6.45) is 2.18. The fourth-order valence-electron chi connectivity index (χ4n) is 2.81. The number of ether oxygens (including phenoxy) is 1. The largest absolute Gasteiger partial charge is 0.496 e. The lowest BCUT2D eigenvalue weighted by Crippen LogP contribution is -2.27. The highest BCUT2D eigenvalue weighted by Crippen LogP contribution is 2.24. The average molecular weight is 358 g/mol. The number of para-hydroxylation sites is 2. The van der Waals surface area contributed by atoms with Crippen molar-refractivity contribution in [3.8, 4) is 5.75 Å². The lowest BCUT2D eigenvalue weighted by atomic mass is 10.2. The first kappa shape index (κ1) is 17.3. The van der Waals surface area contributed by atoms with Crippen LogP contribution in [0.5, 0.6) is 5.75 Å². The molecule has 0 bridgehead atoms. The quantitative estimate of drug-likeness (QED) is 0.675. The second kappa shape index (κ2) is 7.57. The van der Waals surface area contributed by atoms with Crippen molar-refractivity contribution in [2.75, 3.05) is 14.2 Å². The average Bonchev–Trinajstić information content (AvgIpc) is 3.03. The van der Waals surface area contributed by atoms with Gasteiger partial charge in [-0.25, -0.2) is 4.98 Å². The van der Waals surface area contributed by atoms with Gasteiger partial charge in [-0.15, -0.1) is 0 Å². The van der Waals surface area contributed by atoms with E-state index in [9.17, 15) is 4.79 Å². The van der Waals surface area contributed by atoms with Crippen molar-refractivity contribution in [3.05, 3.63) is 59.4 Å². The number of carbonyl (C=O) groups excluding carboxylic acids is 1. The van der Waals surface area contributed by atoms with Gasteiger partial charge in [-0.3, -0.25) is 4.79 Å². The monoisotopic (exact) mass is 357 g/mol. The van der Waals surface area contributed by atoms with Crippen LogP contribution in [-0.2, 0) is 17.9 Å². The summed E-state index contributed by atoms with van der Waals surface area (Å²) in [6.45, 7) is 1.05. The predicted octanol–water partition coefficient (Wildman–Crippen LogP) is 3.75. The second-order valence-electron chi connectivity index (χ2n) is 5.88. The van der Waals surface area contributed by atoms with E-state index in [1.54, 1.807) is 31.5 Å². The zero-order valence-electron chi connectivity index (χ0n) is 14.3. The molecule has 3 aromatic rings. The SMILES string of the molecule is COc1ccc(Cl)cc1CN(C)C(=O)CCn1cnc2ccccc21. The third-order valence-electron chi connectivity index (χ3n) is 4.17. The molecule has 0 aliphatic heterocycles. The lowest BCUT2D eigenvalue weighted by molar-refractivity contribution is -0.130. The van der Waals surface area contributed by atoms with Crippen LogP contribution in [0.4, 0.5) is 0 Å². The van der Waals surface area contributed by atoms with Gasteiger partial charge < -0.3 is 14.2 Å². The van der Waals surface area contributed by atoms with Crippen molar-refractivity contribution in [2.45, 2.75) is 19.5 Å². The van der Waals surface area contributed by atoms with Gasteiger partial charge in [0.05, 0.1) is 24.5 Å². The number of aryl methyl sites for hydroxylation is 1. The summed E-state index contributed by atoms with van der Waals surface area (Å²) in [5.74, 6) is 0.782. The van der Waals surface area contributed by atoms with Gasteiger partial charge in [0.25, 0.3) is 0 Å². The molecule has 0 saturated heterocycles. The zero-order valence-corrected chi connectivity index (χ0v) is 15.0. The van der Waals surface area contributed by atoms with Gasteiger partial charge in [0.2, 0.25) is 5.91 Å². The minimum absolute atomic E-state index is 0.0554. The zero-order chi connectivity index (χ0) is 17.8. The molecule has 1 amide bonds. The number of methoxy groups -OCH3 is 1. The molecule has 6 heteroatoms. The third kappa shape index (κ3) is 3.94.